The van der Waals surface area contributed by atoms with E-state index in [1.807, 2.05) is 0 Å². The van der Waals surface area contributed by atoms with E-state index in [9.17, 15) is 17.6 Å². The molecule has 8 heteroatoms. The second kappa shape index (κ2) is 13.0. The Bertz CT molecular complexity index is 763. The van der Waals surface area contributed by atoms with Crippen LogP contribution in [0.1, 0.15) is 72.6 Å². The number of hydrogen-bond acceptors (Lipinski definition) is 3. The van der Waals surface area contributed by atoms with Gasteiger partial charge in [0.05, 0.1) is 4.90 Å². The summed E-state index contributed by atoms with van der Waals surface area (Å²) in [5.74, 6) is -0.387. The number of piperidine rings is 1. The van der Waals surface area contributed by atoms with Gasteiger partial charge >= 0.3 is 6.03 Å². The maximum Gasteiger partial charge on any atom is 0.315 e. The van der Waals surface area contributed by atoms with Crippen molar-refractivity contribution < 1.29 is 17.6 Å². The first-order chi connectivity index (χ1) is 13.9. The fraction of sp³-hybridized carbons (Fsp3) is 0.696. The number of sulfonamides is 1. The average molecular weight is 458 g/mol. The van der Waals surface area contributed by atoms with E-state index in [1.54, 1.807) is 0 Å². The number of carbonyl (C=O) groups excluding carboxylic acids is 1. The quantitative estimate of drug-likeness (QED) is 0.659. The first-order valence-corrected chi connectivity index (χ1v) is 12.2. The molecular weight excluding hydrogens is 417 g/mol. The van der Waals surface area contributed by atoms with Crippen molar-refractivity contribution in [3.63, 3.8) is 0 Å². The smallest absolute Gasteiger partial charge is 0.315 e. The molecule has 31 heavy (non-hydrogen) atoms. The average Bonchev–Trinajstić information content (AvgIpc) is 2.69. The molecule has 1 aliphatic heterocycles. The van der Waals surface area contributed by atoms with E-state index in [2.05, 4.69) is 10.6 Å². The summed E-state index contributed by atoms with van der Waals surface area (Å²) in [6.45, 7) is 1.27. The van der Waals surface area contributed by atoms with E-state index in [1.165, 1.54) is 35.7 Å². The zero-order valence-corrected chi connectivity index (χ0v) is 17.7. The Balaban J connectivity index is 0.00000240. The van der Waals surface area contributed by atoms with Gasteiger partial charge in [-0.15, -0.1) is 0 Å². The highest BCUT2D eigenvalue weighted by Gasteiger charge is 2.30. The van der Waals surface area contributed by atoms with Gasteiger partial charge in [-0.25, -0.2) is 17.6 Å². The van der Waals surface area contributed by atoms with Crippen LogP contribution in [0.25, 0.3) is 0 Å². The van der Waals surface area contributed by atoms with E-state index in [4.69, 9.17) is 0 Å². The second-order valence-electron chi connectivity index (χ2n) is 8.22. The van der Waals surface area contributed by atoms with Gasteiger partial charge in [0.25, 0.3) is 0 Å². The molecule has 1 aliphatic carbocycles. The second-order valence-corrected chi connectivity index (χ2v) is 10.2. The first kappa shape index (κ1) is 27.4. The lowest BCUT2D eigenvalue weighted by Crippen LogP contribution is -2.47. The van der Waals surface area contributed by atoms with Crippen molar-refractivity contribution in [2.24, 2.45) is 5.92 Å². The van der Waals surface area contributed by atoms with Gasteiger partial charge in [0.2, 0.25) is 10.0 Å². The molecule has 2 aliphatic rings. The summed E-state index contributed by atoms with van der Waals surface area (Å²) in [4.78, 5) is 12.4. The first-order valence-electron chi connectivity index (χ1n) is 10.8. The molecular formula is C23H40FN3O3S. The van der Waals surface area contributed by atoms with Crippen LogP contribution < -0.4 is 10.6 Å². The molecule has 0 bridgehead atoms. The number of carbonyl (C=O) groups is 1. The van der Waals surface area contributed by atoms with Crippen LogP contribution in [-0.4, -0.2) is 44.4 Å². The molecule has 6 nitrogen and oxygen atoms in total. The minimum absolute atomic E-state index is 0. The van der Waals surface area contributed by atoms with Gasteiger partial charge in [0, 0.05) is 25.7 Å². The summed E-state index contributed by atoms with van der Waals surface area (Å²) < 4.78 is 40.2. The third-order valence-electron chi connectivity index (χ3n) is 5.92. The zero-order chi connectivity index (χ0) is 20.7. The molecule has 2 amide bonds. The van der Waals surface area contributed by atoms with Gasteiger partial charge in [-0.05, 0) is 55.9 Å². The Morgan fingerprint density at radius 1 is 0.968 bits per heavy atom. The van der Waals surface area contributed by atoms with Crippen molar-refractivity contribution in [3.05, 3.63) is 30.1 Å². The summed E-state index contributed by atoms with van der Waals surface area (Å²) in [5.41, 5.74) is 0. The highest BCUT2D eigenvalue weighted by Crippen LogP contribution is 2.24. The van der Waals surface area contributed by atoms with Gasteiger partial charge < -0.3 is 10.6 Å². The lowest BCUT2D eigenvalue weighted by molar-refractivity contribution is 0.224. The molecule has 178 valence electrons. The Morgan fingerprint density at radius 3 is 2.23 bits per heavy atom. The topological polar surface area (TPSA) is 78.5 Å². The summed E-state index contributed by atoms with van der Waals surface area (Å²) in [6.07, 6.45) is 9.75. The summed E-state index contributed by atoms with van der Waals surface area (Å²) >= 11 is 0. The molecule has 2 fully saturated rings. The molecule has 2 N–H and O–H groups in total. The minimum Gasteiger partial charge on any atom is -0.338 e. The van der Waals surface area contributed by atoms with Gasteiger partial charge in [-0.1, -0.05) is 47.0 Å². The van der Waals surface area contributed by atoms with Crippen LogP contribution >= 0.6 is 0 Å². The third kappa shape index (κ3) is 8.07. The van der Waals surface area contributed by atoms with Crippen molar-refractivity contribution in [2.75, 3.05) is 19.6 Å². The van der Waals surface area contributed by atoms with E-state index < -0.39 is 15.8 Å². The number of urea groups is 1. The van der Waals surface area contributed by atoms with Crippen LogP contribution in [0.5, 0.6) is 0 Å². The Morgan fingerprint density at radius 2 is 1.58 bits per heavy atom. The number of nitrogens with zero attached hydrogens (tertiary/aromatic N) is 1. The van der Waals surface area contributed by atoms with Crippen molar-refractivity contribution in [3.8, 4) is 0 Å². The number of amides is 2. The molecule has 0 aromatic heterocycles. The summed E-state index contributed by atoms with van der Waals surface area (Å²) in [5, 5.41) is 6.02. The van der Waals surface area contributed by atoms with Gasteiger partial charge in [-0.2, -0.15) is 4.31 Å². The molecule has 0 spiro atoms. The zero-order valence-electron chi connectivity index (χ0n) is 16.9. The number of hydrogen-bond donors (Lipinski definition) is 2. The molecule has 0 radical (unpaired) electrons. The standard InChI is InChI=1S/C21H32FN3O3S.2CH4/c22-18-10-12-20(13-11-18)29(27,28)25-14-6-7-17(16-25)15-23-21(26)24-19-8-4-2-1-3-5-9-19;;/h10-13,17,19H,1-9,14-16H2,(H2,23,24,26);2*1H4. The van der Waals surface area contributed by atoms with Crippen molar-refractivity contribution >= 4 is 16.1 Å². The summed E-state index contributed by atoms with van der Waals surface area (Å²) in [7, 11) is -3.64. The Labute approximate surface area is 188 Å². The fourth-order valence-corrected chi connectivity index (χ4v) is 5.80. The predicted molar refractivity (Wildman–Crippen MR) is 124 cm³/mol. The molecule has 1 aromatic carbocycles. The van der Waals surface area contributed by atoms with Crippen molar-refractivity contribution in [1.29, 1.82) is 0 Å². The molecule has 1 unspecified atom stereocenters. The molecule has 1 heterocycles. The molecule has 1 saturated heterocycles. The number of nitrogens with one attached hydrogen (secondary N) is 2. The molecule has 1 atom stereocenters. The SMILES string of the molecule is C.C.O=C(NCC1CCCN(S(=O)(=O)c2ccc(F)cc2)C1)NC1CCCCCCC1. The van der Waals surface area contributed by atoms with Crippen LogP contribution in [0.4, 0.5) is 9.18 Å². The van der Waals surface area contributed by atoms with Crippen LogP contribution in [-0.2, 0) is 10.0 Å². The Hall–Kier alpha value is -1.67. The molecule has 1 saturated carbocycles. The van der Waals surface area contributed by atoms with Crippen LogP contribution in [0.15, 0.2) is 29.2 Å². The minimum atomic E-state index is -3.64. The van der Waals surface area contributed by atoms with Crippen LogP contribution in [0, 0.1) is 11.7 Å². The molecule has 1 aromatic rings. The lowest BCUT2D eigenvalue weighted by atomic mass is 9.97. The van der Waals surface area contributed by atoms with Gasteiger partial charge in [0.1, 0.15) is 5.82 Å². The maximum absolute atomic E-state index is 13.1. The van der Waals surface area contributed by atoms with Crippen molar-refractivity contribution in [1.82, 2.24) is 14.9 Å². The fourth-order valence-electron chi connectivity index (χ4n) is 4.24. The third-order valence-corrected chi connectivity index (χ3v) is 7.80. The monoisotopic (exact) mass is 457 g/mol. The number of halogens is 1. The van der Waals surface area contributed by atoms with Crippen LogP contribution in [0.3, 0.4) is 0 Å². The van der Waals surface area contributed by atoms with E-state index in [0.717, 1.165) is 50.7 Å². The van der Waals surface area contributed by atoms with Gasteiger partial charge in [-0.3, -0.25) is 0 Å². The Kier molecular flexibility index (Phi) is 11.5. The van der Waals surface area contributed by atoms with Crippen molar-refractivity contribution in [2.45, 2.75) is 83.6 Å². The summed E-state index contributed by atoms with van der Waals surface area (Å²) in [6, 6.07) is 5.00. The lowest BCUT2D eigenvalue weighted by Gasteiger charge is -2.32. The number of benzene rings is 1. The van der Waals surface area contributed by atoms with Crippen LogP contribution in [0.2, 0.25) is 0 Å². The maximum atomic E-state index is 13.1. The largest absolute Gasteiger partial charge is 0.338 e. The number of rotatable bonds is 5. The highest BCUT2D eigenvalue weighted by atomic mass is 32.2. The van der Waals surface area contributed by atoms with E-state index in [0.29, 0.717) is 19.6 Å². The van der Waals surface area contributed by atoms with Gasteiger partial charge in [0.15, 0.2) is 0 Å². The van der Waals surface area contributed by atoms with E-state index >= 15 is 0 Å². The highest BCUT2D eigenvalue weighted by molar-refractivity contribution is 7.89. The molecule has 3 rings (SSSR count). The normalized spacial score (nSPS) is 21.0. The predicted octanol–water partition coefficient (Wildman–Crippen LogP) is 4.91. The van der Waals surface area contributed by atoms with E-state index in [-0.39, 0.29) is 37.7 Å².